The number of rotatable bonds is 0. The highest BCUT2D eigenvalue weighted by Gasteiger charge is 2.47. The van der Waals surface area contributed by atoms with Gasteiger partial charge in [-0.2, -0.15) is 0 Å². The Morgan fingerprint density at radius 1 is 1.29 bits per heavy atom. The second-order valence-electron chi connectivity index (χ2n) is 5.24. The lowest BCUT2D eigenvalue weighted by Gasteiger charge is -2.38. The van der Waals surface area contributed by atoms with E-state index < -0.39 is 7.65 Å². The third-order valence-electron chi connectivity index (χ3n) is 3.06. The number of fused-ring (bicyclic) bond motifs is 1. The first-order valence-electron chi connectivity index (χ1n) is 5.42. The summed E-state index contributed by atoms with van der Waals surface area (Å²) in [5.41, 5.74) is 0.143. The highest BCUT2D eigenvalue weighted by molar-refractivity contribution is 7.78. The first-order chi connectivity index (χ1) is 6.50. The lowest BCUT2D eigenvalue weighted by molar-refractivity contribution is 0.114. The van der Waals surface area contributed by atoms with Crippen molar-refractivity contribution < 1.29 is 4.52 Å². The highest BCUT2D eigenvalue weighted by Crippen LogP contribution is 2.60. The fourth-order valence-corrected chi connectivity index (χ4v) is 5.36. The van der Waals surface area contributed by atoms with E-state index in [0.29, 0.717) is 12.1 Å². The zero-order valence-corrected chi connectivity index (χ0v) is 10.8. The summed E-state index contributed by atoms with van der Waals surface area (Å²) in [4.78, 5) is 0. The Kier molecular flexibility index (Phi) is 3.10. The molecular formula is C10H19ClNOP. The van der Waals surface area contributed by atoms with Gasteiger partial charge in [-0.3, -0.25) is 0 Å². The fraction of sp³-hybridized carbons (Fsp3) is 1.00. The van der Waals surface area contributed by atoms with Gasteiger partial charge in [0.2, 0.25) is 7.65 Å². The van der Waals surface area contributed by atoms with E-state index in [1.54, 1.807) is 0 Å². The van der Waals surface area contributed by atoms with E-state index in [9.17, 15) is 0 Å². The number of hydrogen-bond donors (Lipinski definition) is 0. The molecule has 0 aromatic heterocycles. The fourth-order valence-electron chi connectivity index (χ4n) is 2.49. The Hall–Kier alpha value is 0.640. The first-order valence-corrected chi connectivity index (χ1v) is 7.54. The van der Waals surface area contributed by atoms with Crippen LogP contribution in [0.3, 0.4) is 0 Å². The summed E-state index contributed by atoms with van der Waals surface area (Å²) in [5, 5.41) is 0. The maximum absolute atomic E-state index is 6.31. The summed E-state index contributed by atoms with van der Waals surface area (Å²) in [7, 11) is -0.861. The van der Waals surface area contributed by atoms with E-state index in [2.05, 4.69) is 25.4 Å². The normalized spacial score (nSPS) is 39.9. The van der Waals surface area contributed by atoms with Crippen molar-refractivity contribution in [1.29, 1.82) is 0 Å². The van der Waals surface area contributed by atoms with Crippen molar-refractivity contribution in [2.45, 2.75) is 64.1 Å². The van der Waals surface area contributed by atoms with Gasteiger partial charge in [0.1, 0.15) is 0 Å². The largest absolute Gasteiger partial charge is 0.326 e. The Morgan fingerprint density at radius 3 is 2.57 bits per heavy atom. The second-order valence-corrected chi connectivity index (χ2v) is 7.20. The Labute approximate surface area is 92.6 Å². The van der Waals surface area contributed by atoms with Gasteiger partial charge in [-0.25, -0.2) is 4.67 Å². The van der Waals surface area contributed by atoms with Crippen LogP contribution in [-0.4, -0.2) is 22.4 Å². The summed E-state index contributed by atoms with van der Waals surface area (Å²) >= 11 is 6.31. The second kappa shape index (κ2) is 3.90. The van der Waals surface area contributed by atoms with Crippen LogP contribution in [0.2, 0.25) is 0 Å². The highest BCUT2D eigenvalue weighted by atomic mass is 35.7. The minimum absolute atomic E-state index is 0.143. The zero-order valence-electron chi connectivity index (χ0n) is 9.16. The molecule has 1 saturated carbocycles. The van der Waals surface area contributed by atoms with Crippen LogP contribution in [0.25, 0.3) is 0 Å². The molecular weight excluding hydrogens is 217 g/mol. The summed E-state index contributed by atoms with van der Waals surface area (Å²) < 4.78 is 8.26. The molecule has 2 fully saturated rings. The van der Waals surface area contributed by atoms with Crippen LogP contribution >= 0.6 is 18.9 Å². The summed E-state index contributed by atoms with van der Waals surface area (Å²) in [5.74, 6) is 0. The molecule has 3 unspecified atom stereocenters. The molecule has 4 heteroatoms. The standard InChI is InChI=1S/C10H19ClNOP/c1-10(2,3)12-8-6-4-5-7-9(8)13-14(12)11/h8-9H,4-7H2,1-3H3. The van der Waals surface area contributed by atoms with Gasteiger partial charge in [0.05, 0.1) is 6.10 Å². The molecule has 0 bridgehead atoms. The molecule has 0 aromatic rings. The van der Waals surface area contributed by atoms with Crippen molar-refractivity contribution in [2.75, 3.05) is 0 Å². The molecule has 14 heavy (non-hydrogen) atoms. The van der Waals surface area contributed by atoms with Crippen molar-refractivity contribution in [3.8, 4) is 0 Å². The molecule has 2 aliphatic rings. The van der Waals surface area contributed by atoms with E-state index in [1.807, 2.05) is 0 Å². The van der Waals surface area contributed by atoms with Gasteiger partial charge in [0, 0.05) is 11.6 Å². The van der Waals surface area contributed by atoms with Gasteiger partial charge < -0.3 is 4.52 Å². The van der Waals surface area contributed by atoms with Crippen molar-refractivity contribution in [3.05, 3.63) is 0 Å². The molecule has 0 N–H and O–H groups in total. The third-order valence-corrected chi connectivity index (χ3v) is 5.47. The Morgan fingerprint density at radius 2 is 1.93 bits per heavy atom. The van der Waals surface area contributed by atoms with Gasteiger partial charge in [0.15, 0.2) is 0 Å². The molecule has 0 amide bonds. The van der Waals surface area contributed by atoms with Gasteiger partial charge in [-0.15, -0.1) is 0 Å². The maximum atomic E-state index is 6.31. The van der Waals surface area contributed by atoms with E-state index >= 15 is 0 Å². The molecule has 2 rings (SSSR count). The lowest BCUT2D eigenvalue weighted by Crippen LogP contribution is -2.45. The number of hydrogen-bond acceptors (Lipinski definition) is 2. The SMILES string of the molecule is CC(C)(C)N1C2CCCCC2OP1Cl. The molecule has 0 aromatic carbocycles. The van der Waals surface area contributed by atoms with Gasteiger partial charge in [0.25, 0.3) is 0 Å². The Bertz CT molecular complexity index is 219. The van der Waals surface area contributed by atoms with E-state index in [1.165, 1.54) is 25.7 Å². The van der Waals surface area contributed by atoms with Crippen LogP contribution in [0.15, 0.2) is 0 Å². The van der Waals surface area contributed by atoms with Gasteiger partial charge in [-0.1, -0.05) is 12.8 Å². The van der Waals surface area contributed by atoms with Crippen LogP contribution in [-0.2, 0) is 4.52 Å². The summed E-state index contributed by atoms with van der Waals surface area (Å²) in [6.07, 6.45) is 5.50. The molecule has 1 aliphatic heterocycles. The van der Waals surface area contributed by atoms with Crippen LogP contribution in [0.1, 0.15) is 46.5 Å². The summed E-state index contributed by atoms with van der Waals surface area (Å²) in [6, 6.07) is 0.576. The molecule has 1 heterocycles. The predicted octanol–water partition coefficient (Wildman–Crippen LogP) is 3.89. The van der Waals surface area contributed by atoms with Crippen molar-refractivity contribution >= 4 is 18.9 Å². The topological polar surface area (TPSA) is 12.5 Å². The first kappa shape index (κ1) is 11.1. The quantitative estimate of drug-likeness (QED) is 0.591. The average Bonchev–Trinajstić information content (AvgIpc) is 2.38. The van der Waals surface area contributed by atoms with Gasteiger partial charge >= 0.3 is 0 Å². The van der Waals surface area contributed by atoms with Crippen LogP contribution in [0, 0.1) is 0 Å². The van der Waals surface area contributed by atoms with E-state index in [4.69, 9.17) is 15.8 Å². The molecule has 1 saturated heterocycles. The van der Waals surface area contributed by atoms with Crippen molar-refractivity contribution in [3.63, 3.8) is 0 Å². The van der Waals surface area contributed by atoms with Crippen LogP contribution in [0.4, 0.5) is 0 Å². The zero-order chi connectivity index (χ0) is 10.3. The molecule has 0 radical (unpaired) electrons. The predicted molar refractivity (Wildman–Crippen MR) is 61.5 cm³/mol. The molecule has 0 spiro atoms. The molecule has 82 valence electrons. The van der Waals surface area contributed by atoms with Crippen molar-refractivity contribution in [2.24, 2.45) is 0 Å². The molecule has 3 atom stereocenters. The lowest BCUT2D eigenvalue weighted by atomic mass is 9.90. The third kappa shape index (κ3) is 1.95. The average molecular weight is 236 g/mol. The minimum atomic E-state index is -0.861. The van der Waals surface area contributed by atoms with Crippen molar-refractivity contribution in [1.82, 2.24) is 4.67 Å². The smallest absolute Gasteiger partial charge is 0.207 e. The van der Waals surface area contributed by atoms with E-state index in [-0.39, 0.29) is 5.54 Å². The minimum Gasteiger partial charge on any atom is -0.326 e. The Balaban J connectivity index is 2.15. The summed E-state index contributed by atoms with van der Waals surface area (Å²) in [6.45, 7) is 6.68. The van der Waals surface area contributed by atoms with E-state index in [0.717, 1.165) is 0 Å². The van der Waals surface area contributed by atoms with Crippen LogP contribution < -0.4 is 0 Å². The monoisotopic (exact) mass is 235 g/mol. The van der Waals surface area contributed by atoms with Gasteiger partial charge in [-0.05, 0) is 44.9 Å². The molecule has 1 aliphatic carbocycles. The number of halogens is 1. The maximum Gasteiger partial charge on any atom is 0.207 e. The number of nitrogens with zero attached hydrogens (tertiary/aromatic N) is 1. The van der Waals surface area contributed by atoms with Crippen LogP contribution in [0.5, 0.6) is 0 Å². The molecule has 2 nitrogen and oxygen atoms in total.